The minimum absolute atomic E-state index is 0.0344. The number of hydrogen-bond donors (Lipinski definition) is 0. The summed E-state index contributed by atoms with van der Waals surface area (Å²) < 4.78 is 33.5. The van der Waals surface area contributed by atoms with Crippen LogP contribution < -0.4 is 9.47 Å². The summed E-state index contributed by atoms with van der Waals surface area (Å²) in [6, 6.07) is 35.3. The van der Waals surface area contributed by atoms with E-state index in [1.54, 1.807) is 24.3 Å². The van der Waals surface area contributed by atoms with Gasteiger partial charge in [0.15, 0.2) is 0 Å². The largest absolute Gasteiger partial charge is 0.519 e. The highest BCUT2D eigenvalue weighted by Crippen LogP contribution is 2.29. The molecule has 44 heavy (non-hydrogen) atoms. The molecule has 0 aromatic heterocycles. The maximum Gasteiger partial charge on any atom is 0.519 e. The van der Waals surface area contributed by atoms with Crippen molar-refractivity contribution in [2.24, 2.45) is 0 Å². The van der Waals surface area contributed by atoms with Gasteiger partial charge in [-0.25, -0.2) is 4.79 Å². The molecule has 0 radical (unpaired) electrons. The van der Waals surface area contributed by atoms with Crippen LogP contribution in [0.1, 0.15) is 47.9 Å². The second kappa shape index (κ2) is 18.6. The minimum Gasteiger partial charge on any atom is -0.395 e. The van der Waals surface area contributed by atoms with Crippen LogP contribution in [0.5, 0.6) is 11.5 Å². The van der Waals surface area contributed by atoms with Crippen molar-refractivity contribution >= 4 is 6.16 Å². The number of benzene rings is 4. The molecule has 7 heteroatoms. The Morgan fingerprint density at radius 1 is 0.477 bits per heavy atom. The summed E-state index contributed by atoms with van der Waals surface area (Å²) in [5.74, 6) is 0.861. The third kappa shape index (κ3) is 10.6. The van der Waals surface area contributed by atoms with Crippen LogP contribution in [0.2, 0.25) is 0 Å². The minimum atomic E-state index is -0.803. The lowest BCUT2D eigenvalue weighted by molar-refractivity contribution is 0.0500. The maximum absolute atomic E-state index is 12.6. The van der Waals surface area contributed by atoms with Gasteiger partial charge in [-0.15, -0.1) is 0 Å². The Bertz CT molecular complexity index is 1240. The normalized spacial score (nSPS) is 12.4. The molecule has 2 unspecified atom stereocenters. The summed E-state index contributed by atoms with van der Waals surface area (Å²) >= 11 is 0. The lowest BCUT2D eigenvalue weighted by Crippen LogP contribution is -2.15. The molecule has 4 rings (SSSR count). The molecule has 0 aliphatic rings. The molecule has 0 aliphatic carbocycles. The standard InChI is InChI=1S/C37H42O7/c1-3-39-23-25-41-27-35(29-11-7-5-8-12-29)31-15-19-33(20-16-31)43-37(38)44-34-21-17-32(18-22-34)36(28-42-26-24-40-4-2)30-13-9-6-10-14-30/h5-22,35-36H,3-4,23-28H2,1-2H3. The SMILES string of the molecule is CCOCCOCC(c1ccccc1)c1ccc(OC(=O)Oc2ccc(C(COCCOCC)c3ccccc3)cc2)cc1. The zero-order valence-electron chi connectivity index (χ0n) is 25.6. The van der Waals surface area contributed by atoms with Crippen LogP contribution >= 0.6 is 0 Å². The third-order valence-corrected chi connectivity index (χ3v) is 7.09. The van der Waals surface area contributed by atoms with E-state index in [2.05, 4.69) is 24.3 Å². The average Bonchev–Trinajstić information content (AvgIpc) is 3.06. The zero-order valence-corrected chi connectivity index (χ0v) is 25.6. The van der Waals surface area contributed by atoms with Gasteiger partial charge in [-0.3, -0.25) is 0 Å². The Hall–Kier alpha value is -4.01. The first kappa shape index (κ1) is 32.9. The predicted molar refractivity (Wildman–Crippen MR) is 171 cm³/mol. The molecule has 0 spiro atoms. The number of carbonyl (C=O) groups is 1. The summed E-state index contributed by atoms with van der Waals surface area (Å²) in [5.41, 5.74) is 4.40. The van der Waals surface area contributed by atoms with Gasteiger partial charge in [0, 0.05) is 25.0 Å². The molecule has 0 N–H and O–H groups in total. The fourth-order valence-electron chi connectivity index (χ4n) is 4.82. The van der Waals surface area contributed by atoms with Crippen LogP contribution in [0.3, 0.4) is 0 Å². The van der Waals surface area contributed by atoms with E-state index in [4.69, 9.17) is 28.4 Å². The highest BCUT2D eigenvalue weighted by atomic mass is 16.7. The second-order valence-corrected chi connectivity index (χ2v) is 10.1. The van der Waals surface area contributed by atoms with Crippen molar-refractivity contribution in [2.75, 3.05) is 52.9 Å². The summed E-state index contributed by atoms with van der Waals surface area (Å²) in [5, 5.41) is 0. The Morgan fingerprint density at radius 3 is 1.18 bits per heavy atom. The number of hydrogen-bond acceptors (Lipinski definition) is 7. The first-order valence-electron chi connectivity index (χ1n) is 15.2. The van der Waals surface area contributed by atoms with Gasteiger partial charge in [-0.1, -0.05) is 84.9 Å². The molecule has 0 aliphatic heterocycles. The summed E-state index contributed by atoms with van der Waals surface area (Å²) in [7, 11) is 0. The van der Waals surface area contributed by atoms with Gasteiger partial charge in [-0.05, 0) is 60.4 Å². The summed E-state index contributed by atoms with van der Waals surface area (Å²) in [6.45, 7) is 8.47. The van der Waals surface area contributed by atoms with E-state index in [0.29, 0.717) is 64.4 Å². The van der Waals surface area contributed by atoms with E-state index in [0.717, 1.165) is 22.3 Å². The summed E-state index contributed by atoms with van der Waals surface area (Å²) in [4.78, 5) is 12.6. The van der Waals surface area contributed by atoms with Crippen molar-refractivity contribution < 1.29 is 33.2 Å². The zero-order chi connectivity index (χ0) is 30.8. The van der Waals surface area contributed by atoms with Gasteiger partial charge >= 0.3 is 6.16 Å². The van der Waals surface area contributed by atoms with E-state index in [1.165, 1.54) is 0 Å². The molecule has 0 amide bonds. The quantitative estimate of drug-likeness (QED) is 0.0662. The third-order valence-electron chi connectivity index (χ3n) is 7.09. The maximum atomic E-state index is 12.6. The van der Waals surface area contributed by atoms with Crippen LogP contribution in [0.15, 0.2) is 109 Å². The molecule has 232 valence electrons. The molecular formula is C37H42O7. The molecule has 0 bridgehead atoms. The monoisotopic (exact) mass is 598 g/mol. The molecule has 4 aromatic rings. The lowest BCUT2D eigenvalue weighted by Gasteiger charge is -2.19. The van der Waals surface area contributed by atoms with Crippen molar-refractivity contribution in [3.63, 3.8) is 0 Å². The highest BCUT2D eigenvalue weighted by Gasteiger charge is 2.17. The van der Waals surface area contributed by atoms with Crippen LogP contribution in [0, 0.1) is 0 Å². The molecule has 0 saturated carbocycles. The van der Waals surface area contributed by atoms with E-state index < -0.39 is 6.16 Å². The Morgan fingerprint density at radius 2 is 0.818 bits per heavy atom. The van der Waals surface area contributed by atoms with Crippen molar-refractivity contribution in [2.45, 2.75) is 25.7 Å². The molecule has 0 heterocycles. The number of ether oxygens (including phenoxy) is 6. The van der Waals surface area contributed by atoms with Gasteiger partial charge in [0.2, 0.25) is 0 Å². The molecule has 2 atom stereocenters. The average molecular weight is 599 g/mol. The van der Waals surface area contributed by atoms with Gasteiger partial charge in [0.05, 0.1) is 39.6 Å². The van der Waals surface area contributed by atoms with E-state index in [-0.39, 0.29) is 11.8 Å². The van der Waals surface area contributed by atoms with Crippen molar-refractivity contribution in [3.8, 4) is 11.5 Å². The Labute approximate surface area is 260 Å². The van der Waals surface area contributed by atoms with Crippen molar-refractivity contribution in [3.05, 3.63) is 131 Å². The topological polar surface area (TPSA) is 72.5 Å². The van der Waals surface area contributed by atoms with E-state index in [1.807, 2.05) is 74.5 Å². The smallest absolute Gasteiger partial charge is 0.395 e. The Balaban J connectivity index is 1.34. The number of rotatable bonds is 18. The first-order valence-corrected chi connectivity index (χ1v) is 15.2. The second-order valence-electron chi connectivity index (χ2n) is 10.1. The van der Waals surface area contributed by atoms with Crippen LogP contribution in [0.4, 0.5) is 4.79 Å². The predicted octanol–water partition coefficient (Wildman–Crippen LogP) is 7.63. The number of carbonyl (C=O) groups excluding carboxylic acids is 1. The fraction of sp³-hybridized carbons (Fsp3) is 0.324. The van der Waals surface area contributed by atoms with Gasteiger partial charge in [0.1, 0.15) is 11.5 Å². The van der Waals surface area contributed by atoms with E-state index >= 15 is 0 Å². The van der Waals surface area contributed by atoms with Gasteiger partial charge in [0.25, 0.3) is 0 Å². The van der Waals surface area contributed by atoms with Crippen molar-refractivity contribution in [1.82, 2.24) is 0 Å². The molecule has 0 saturated heterocycles. The van der Waals surface area contributed by atoms with Crippen LogP contribution in [0.25, 0.3) is 0 Å². The molecule has 4 aromatic carbocycles. The van der Waals surface area contributed by atoms with Crippen LogP contribution in [-0.2, 0) is 18.9 Å². The lowest BCUT2D eigenvalue weighted by atomic mass is 9.92. The molecule has 0 fully saturated rings. The molecular weight excluding hydrogens is 556 g/mol. The summed E-state index contributed by atoms with van der Waals surface area (Å²) in [6.07, 6.45) is -0.803. The van der Waals surface area contributed by atoms with Gasteiger partial charge < -0.3 is 28.4 Å². The molecule has 7 nitrogen and oxygen atoms in total. The van der Waals surface area contributed by atoms with Crippen molar-refractivity contribution in [1.29, 1.82) is 0 Å². The Kier molecular flexibility index (Phi) is 13.9. The first-order chi connectivity index (χ1) is 21.7. The van der Waals surface area contributed by atoms with Gasteiger partial charge in [-0.2, -0.15) is 0 Å². The van der Waals surface area contributed by atoms with Crippen LogP contribution in [-0.4, -0.2) is 59.0 Å². The van der Waals surface area contributed by atoms with E-state index in [9.17, 15) is 4.79 Å². The highest BCUT2D eigenvalue weighted by molar-refractivity contribution is 5.67. The fourth-order valence-corrected chi connectivity index (χ4v) is 4.82.